The van der Waals surface area contributed by atoms with E-state index < -0.39 is 0 Å². The molecule has 1 unspecified atom stereocenters. The van der Waals surface area contributed by atoms with Crippen molar-refractivity contribution in [1.82, 2.24) is 4.90 Å². The summed E-state index contributed by atoms with van der Waals surface area (Å²) in [5.74, 6) is 7.69. The molecule has 1 rings (SSSR count). The predicted molar refractivity (Wildman–Crippen MR) is 85.2 cm³/mol. The van der Waals surface area contributed by atoms with E-state index in [4.69, 9.17) is 0 Å². The molecule has 0 N–H and O–H groups in total. The quantitative estimate of drug-likeness (QED) is 0.708. The molecule has 114 valence electrons. The van der Waals surface area contributed by atoms with E-state index in [0.717, 1.165) is 32.4 Å². The molecule has 0 aromatic rings. The number of hydrogen-bond donors (Lipinski definition) is 0. The van der Waals surface area contributed by atoms with Crippen molar-refractivity contribution < 1.29 is 4.79 Å². The molecule has 0 aromatic carbocycles. The fraction of sp³-hybridized carbons (Fsp3) is 0.833. The first-order chi connectivity index (χ1) is 9.31. The molecule has 1 aliphatic heterocycles. The highest BCUT2D eigenvalue weighted by atomic mass is 16.2. The number of carbonyl (C=O) groups is 1. The van der Waals surface area contributed by atoms with E-state index in [-0.39, 0.29) is 0 Å². The topological polar surface area (TPSA) is 20.3 Å². The van der Waals surface area contributed by atoms with Crippen LogP contribution in [0.15, 0.2) is 0 Å². The van der Waals surface area contributed by atoms with E-state index >= 15 is 0 Å². The molecule has 1 amide bonds. The minimum atomic E-state index is 0.341. The first kappa shape index (κ1) is 17.1. The van der Waals surface area contributed by atoms with Gasteiger partial charge in [0, 0.05) is 25.4 Å². The zero-order valence-corrected chi connectivity index (χ0v) is 14.0. The Hall–Kier alpha value is -0.970. The molecule has 1 saturated heterocycles. The van der Waals surface area contributed by atoms with Crippen molar-refractivity contribution in [2.24, 2.45) is 17.3 Å². The van der Waals surface area contributed by atoms with Gasteiger partial charge in [-0.1, -0.05) is 27.7 Å². The van der Waals surface area contributed by atoms with Gasteiger partial charge in [0.2, 0.25) is 5.91 Å². The molecule has 1 aliphatic rings. The van der Waals surface area contributed by atoms with Crippen molar-refractivity contribution in [3.05, 3.63) is 0 Å². The van der Waals surface area contributed by atoms with E-state index in [1.807, 2.05) is 11.8 Å². The lowest BCUT2D eigenvalue weighted by Gasteiger charge is -2.30. The molecule has 2 nitrogen and oxygen atoms in total. The van der Waals surface area contributed by atoms with E-state index in [1.54, 1.807) is 0 Å². The number of piperidine rings is 1. The summed E-state index contributed by atoms with van der Waals surface area (Å²) in [5, 5.41) is 0. The van der Waals surface area contributed by atoms with Crippen LogP contribution in [0.1, 0.15) is 66.7 Å². The van der Waals surface area contributed by atoms with Crippen molar-refractivity contribution in [2.45, 2.75) is 66.7 Å². The lowest BCUT2D eigenvalue weighted by atomic mass is 9.83. The van der Waals surface area contributed by atoms with Crippen LogP contribution in [0.25, 0.3) is 0 Å². The van der Waals surface area contributed by atoms with Crippen molar-refractivity contribution in [3.8, 4) is 11.8 Å². The summed E-state index contributed by atoms with van der Waals surface area (Å²) in [6.45, 7) is 12.8. The third-order valence-electron chi connectivity index (χ3n) is 4.01. The maximum absolute atomic E-state index is 12.2. The summed E-state index contributed by atoms with van der Waals surface area (Å²) >= 11 is 0. The fourth-order valence-corrected chi connectivity index (χ4v) is 3.15. The van der Waals surface area contributed by atoms with Gasteiger partial charge in [0.05, 0.1) is 0 Å². The summed E-state index contributed by atoms with van der Waals surface area (Å²) in [5.41, 5.74) is 0.361. The normalized spacial score (nSPS) is 18.4. The Labute approximate surface area is 125 Å². The van der Waals surface area contributed by atoms with Gasteiger partial charge < -0.3 is 4.90 Å². The van der Waals surface area contributed by atoms with Crippen LogP contribution in [-0.2, 0) is 4.79 Å². The molecule has 20 heavy (non-hydrogen) atoms. The van der Waals surface area contributed by atoms with Crippen LogP contribution in [0.2, 0.25) is 0 Å². The molecule has 1 fully saturated rings. The third-order valence-corrected chi connectivity index (χ3v) is 4.01. The Balaban J connectivity index is 2.28. The van der Waals surface area contributed by atoms with Gasteiger partial charge in [-0.05, 0) is 43.9 Å². The minimum Gasteiger partial charge on any atom is -0.343 e. The molecule has 0 spiro atoms. The van der Waals surface area contributed by atoms with Gasteiger partial charge in [-0.3, -0.25) is 4.79 Å². The average molecular weight is 277 g/mol. The maximum Gasteiger partial charge on any atom is 0.222 e. The van der Waals surface area contributed by atoms with Crippen LogP contribution < -0.4 is 0 Å². The Bertz CT molecular complexity index is 361. The predicted octanol–water partition coefficient (Wildman–Crippen LogP) is 4.10. The second-order valence-corrected chi connectivity index (χ2v) is 7.46. The summed E-state index contributed by atoms with van der Waals surface area (Å²) in [6, 6.07) is 0. The Morgan fingerprint density at radius 3 is 2.40 bits per heavy atom. The molecule has 1 heterocycles. The molecule has 0 saturated carbocycles. The smallest absolute Gasteiger partial charge is 0.222 e. The van der Waals surface area contributed by atoms with Gasteiger partial charge in [0.15, 0.2) is 0 Å². The van der Waals surface area contributed by atoms with Gasteiger partial charge >= 0.3 is 0 Å². The van der Waals surface area contributed by atoms with Crippen LogP contribution in [0, 0.1) is 29.1 Å². The lowest BCUT2D eigenvalue weighted by molar-refractivity contribution is -0.132. The van der Waals surface area contributed by atoms with Gasteiger partial charge in [-0.15, -0.1) is 11.8 Å². The Morgan fingerprint density at radius 2 is 1.90 bits per heavy atom. The van der Waals surface area contributed by atoms with Crippen LogP contribution in [-0.4, -0.2) is 23.9 Å². The first-order valence-electron chi connectivity index (χ1n) is 8.02. The van der Waals surface area contributed by atoms with Crippen LogP contribution in [0.3, 0.4) is 0 Å². The summed E-state index contributed by atoms with van der Waals surface area (Å²) < 4.78 is 0. The monoisotopic (exact) mass is 277 g/mol. The molecule has 0 bridgehead atoms. The highest BCUT2D eigenvalue weighted by Gasteiger charge is 2.22. The maximum atomic E-state index is 12.2. The third kappa shape index (κ3) is 6.46. The van der Waals surface area contributed by atoms with E-state index in [9.17, 15) is 4.79 Å². The highest BCUT2D eigenvalue weighted by molar-refractivity contribution is 5.76. The van der Waals surface area contributed by atoms with E-state index in [2.05, 4.69) is 39.5 Å². The van der Waals surface area contributed by atoms with Gasteiger partial charge in [-0.2, -0.15) is 0 Å². The lowest BCUT2D eigenvalue weighted by Crippen LogP contribution is -2.38. The van der Waals surface area contributed by atoms with Gasteiger partial charge in [0.1, 0.15) is 0 Å². The number of rotatable bonds is 4. The highest BCUT2D eigenvalue weighted by Crippen LogP contribution is 2.27. The minimum absolute atomic E-state index is 0.341. The second kappa shape index (κ2) is 7.72. The summed E-state index contributed by atoms with van der Waals surface area (Å²) in [6.07, 6.45) is 5.01. The van der Waals surface area contributed by atoms with Gasteiger partial charge in [-0.25, -0.2) is 0 Å². The van der Waals surface area contributed by atoms with Crippen LogP contribution in [0.4, 0.5) is 0 Å². The fourth-order valence-electron chi connectivity index (χ4n) is 3.15. The molecular formula is C18H31NO. The first-order valence-corrected chi connectivity index (χ1v) is 8.02. The number of carbonyl (C=O) groups excluding carboxylic acids is 1. The van der Waals surface area contributed by atoms with Crippen molar-refractivity contribution in [2.75, 3.05) is 13.1 Å². The van der Waals surface area contributed by atoms with Crippen molar-refractivity contribution in [1.29, 1.82) is 0 Å². The zero-order chi connectivity index (χ0) is 15.2. The number of nitrogens with zero attached hydrogens (tertiary/aromatic N) is 1. The number of amides is 1. The Kier molecular flexibility index (Phi) is 6.59. The molecular weight excluding hydrogens is 246 g/mol. The van der Waals surface area contributed by atoms with E-state index in [0.29, 0.717) is 29.6 Å². The molecule has 0 aromatic heterocycles. The largest absolute Gasteiger partial charge is 0.343 e. The Morgan fingerprint density at radius 1 is 1.30 bits per heavy atom. The molecule has 2 heteroatoms. The standard InChI is InChI=1S/C18H31NO/c1-6-7-16-10-12-19(13-11-16)17(20)9-8-15(2)14-18(3,4)5/h15-16H,8-14H2,1-5H3. The second-order valence-electron chi connectivity index (χ2n) is 7.46. The van der Waals surface area contributed by atoms with Gasteiger partial charge in [0.25, 0.3) is 0 Å². The number of likely N-dealkylation sites (tertiary alicyclic amines) is 1. The molecule has 1 atom stereocenters. The molecule has 0 aliphatic carbocycles. The summed E-state index contributed by atoms with van der Waals surface area (Å²) in [4.78, 5) is 14.3. The summed E-state index contributed by atoms with van der Waals surface area (Å²) in [7, 11) is 0. The van der Waals surface area contributed by atoms with E-state index in [1.165, 1.54) is 6.42 Å². The van der Waals surface area contributed by atoms with Crippen LogP contribution in [0.5, 0.6) is 0 Å². The zero-order valence-electron chi connectivity index (χ0n) is 14.0. The molecule has 0 radical (unpaired) electrons. The van der Waals surface area contributed by atoms with Crippen molar-refractivity contribution in [3.63, 3.8) is 0 Å². The van der Waals surface area contributed by atoms with Crippen LogP contribution >= 0.6 is 0 Å². The SMILES string of the molecule is CC#CC1CCN(C(=O)CCC(C)CC(C)(C)C)CC1. The average Bonchev–Trinajstić information content (AvgIpc) is 2.35. The van der Waals surface area contributed by atoms with Crippen molar-refractivity contribution >= 4 is 5.91 Å². The number of hydrogen-bond acceptors (Lipinski definition) is 1.